The molecule has 0 saturated carbocycles. The van der Waals surface area contributed by atoms with E-state index in [9.17, 15) is 9.79 Å². The Balaban J connectivity index is 2.32. The van der Waals surface area contributed by atoms with Gasteiger partial charge in [0, 0.05) is 0 Å². The third-order valence-corrected chi connectivity index (χ3v) is 6.16. The molecule has 3 rings (SSSR count). The maximum absolute atomic E-state index is 9.97. The molecule has 146 valence electrons. The van der Waals surface area contributed by atoms with Crippen LogP contribution in [0.1, 0.15) is 77.1 Å². The molecule has 0 radical (unpaired) electrons. The summed E-state index contributed by atoms with van der Waals surface area (Å²) in [7, 11) is -2.48. The highest BCUT2D eigenvalue weighted by molar-refractivity contribution is 7.39. The Hall–Kier alpha value is -1.25. The van der Waals surface area contributed by atoms with Crippen LogP contribution in [-0.4, -0.2) is 9.79 Å². The van der Waals surface area contributed by atoms with E-state index < -0.39 is 14.2 Å². The molecule has 27 heavy (non-hydrogen) atoms. The molecule has 0 heterocycles. The zero-order chi connectivity index (χ0) is 19.8. The summed E-state index contributed by atoms with van der Waals surface area (Å²) >= 11 is 0. The van der Waals surface area contributed by atoms with Crippen molar-refractivity contribution in [3.63, 3.8) is 0 Å². The van der Waals surface area contributed by atoms with Crippen LogP contribution in [0, 0.1) is 27.7 Å². The highest BCUT2D eigenvalue weighted by Crippen LogP contribution is 2.53. The lowest BCUT2D eigenvalue weighted by Gasteiger charge is -2.43. The molecule has 0 aromatic heterocycles. The zero-order valence-electron chi connectivity index (χ0n) is 17.1. The van der Waals surface area contributed by atoms with Crippen molar-refractivity contribution >= 4 is 8.60 Å². The van der Waals surface area contributed by atoms with Gasteiger partial charge in [-0.2, -0.15) is 0 Å². The standard InChI is InChI=1S/C23H31O3P/c1-6-7-8-9-23(26-27(24)25)21-17(4)10-15(2)12-19(21)14-20-13-16(3)11-18(5)22(20)23/h10-13,24-25H,6-9,14H2,1-5H3. The first kappa shape index (κ1) is 20.5. The van der Waals surface area contributed by atoms with Crippen LogP contribution in [0.15, 0.2) is 24.3 Å². The average molecular weight is 386 g/mol. The van der Waals surface area contributed by atoms with E-state index in [1.54, 1.807) is 0 Å². The molecular formula is C23H31O3P. The normalized spacial score (nSPS) is 15.0. The molecule has 2 aromatic carbocycles. The van der Waals surface area contributed by atoms with Crippen LogP contribution < -0.4 is 0 Å². The third-order valence-electron chi connectivity index (χ3n) is 5.68. The Morgan fingerprint density at radius 2 is 1.41 bits per heavy atom. The van der Waals surface area contributed by atoms with Gasteiger partial charge in [-0.25, -0.2) is 0 Å². The molecule has 0 saturated heterocycles. The minimum atomic E-state index is -2.48. The fraction of sp³-hybridized carbons (Fsp3) is 0.478. The summed E-state index contributed by atoms with van der Waals surface area (Å²) in [5.41, 5.74) is 8.79. The zero-order valence-corrected chi connectivity index (χ0v) is 18.0. The minimum absolute atomic E-state index is 0.759. The maximum atomic E-state index is 9.97. The SMILES string of the molecule is CCCCCC1(OP(O)O)c2c(C)cc(C)cc2Cc2cc(C)cc(C)c21. The van der Waals surface area contributed by atoms with Crippen LogP contribution in [0.2, 0.25) is 0 Å². The molecule has 0 atom stereocenters. The van der Waals surface area contributed by atoms with Crippen molar-refractivity contribution in [1.29, 1.82) is 0 Å². The molecule has 0 fully saturated rings. The van der Waals surface area contributed by atoms with Gasteiger partial charge in [-0.15, -0.1) is 0 Å². The van der Waals surface area contributed by atoms with Gasteiger partial charge in [0.25, 0.3) is 0 Å². The quantitative estimate of drug-likeness (QED) is 0.482. The Morgan fingerprint density at radius 1 is 0.889 bits per heavy atom. The van der Waals surface area contributed by atoms with E-state index >= 15 is 0 Å². The van der Waals surface area contributed by atoms with E-state index in [4.69, 9.17) is 4.52 Å². The van der Waals surface area contributed by atoms with Crippen molar-refractivity contribution < 1.29 is 14.3 Å². The molecule has 0 unspecified atom stereocenters. The topological polar surface area (TPSA) is 49.7 Å². The van der Waals surface area contributed by atoms with Crippen molar-refractivity contribution in [3.05, 3.63) is 68.8 Å². The molecule has 0 aliphatic heterocycles. The van der Waals surface area contributed by atoms with E-state index in [0.717, 1.165) is 43.2 Å². The number of hydrogen-bond donors (Lipinski definition) is 2. The molecule has 1 aliphatic rings. The predicted octanol–water partition coefficient (Wildman–Crippen LogP) is 5.88. The number of unbranched alkanes of at least 4 members (excludes halogenated alkanes) is 2. The summed E-state index contributed by atoms with van der Waals surface area (Å²) in [6.45, 7) is 10.7. The second-order valence-corrected chi connectivity index (χ2v) is 8.72. The van der Waals surface area contributed by atoms with E-state index in [0.29, 0.717) is 0 Å². The summed E-state index contributed by atoms with van der Waals surface area (Å²) in [6.07, 6.45) is 4.82. The van der Waals surface area contributed by atoms with Gasteiger partial charge in [0.15, 0.2) is 0 Å². The van der Waals surface area contributed by atoms with Crippen molar-refractivity contribution in [2.75, 3.05) is 0 Å². The van der Waals surface area contributed by atoms with Gasteiger partial charge in [0.1, 0.15) is 5.60 Å². The van der Waals surface area contributed by atoms with Crippen LogP contribution in [0.3, 0.4) is 0 Å². The third kappa shape index (κ3) is 3.84. The summed E-state index contributed by atoms with van der Waals surface area (Å²) in [6, 6.07) is 8.83. The second-order valence-electron chi connectivity index (χ2n) is 8.04. The first-order chi connectivity index (χ1) is 12.8. The maximum Gasteiger partial charge on any atom is 0.328 e. The number of hydrogen-bond acceptors (Lipinski definition) is 3. The van der Waals surface area contributed by atoms with E-state index in [2.05, 4.69) is 58.9 Å². The lowest BCUT2D eigenvalue weighted by atomic mass is 9.69. The molecule has 2 aromatic rings. The van der Waals surface area contributed by atoms with Crippen LogP contribution >= 0.6 is 8.60 Å². The van der Waals surface area contributed by atoms with Gasteiger partial charge in [0.05, 0.1) is 0 Å². The fourth-order valence-corrected chi connectivity index (χ4v) is 5.58. The first-order valence-electron chi connectivity index (χ1n) is 9.86. The van der Waals surface area contributed by atoms with Crippen LogP contribution in [0.25, 0.3) is 0 Å². The summed E-state index contributed by atoms with van der Waals surface area (Å²) in [5, 5.41) is 0. The molecule has 1 aliphatic carbocycles. The van der Waals surface area contributed by atoms with Gasteiger partial charge in [-0.3, -0.25) is 4.52 Å². The Labute approximate surface area is 164 Å². The van der Waals surface area contributed by atoms with Gasteiger partial charge >= 0.3 is 8.60 Å². The predicted molar refractivity (Wildman–Crippen MR) is 112 cm³/mol. The summed E-state index contributed by atoms with van der Waals surface area (Å²) < 4.78 is 6.10. The monoisotopic (exact) mass is 386 g/mol. The van der Waals surface area contributed by atoms with Gasteiger partial charge in [-0.05, 0) is 80.3 Å². The fourth-order valence-electron chi connectivity index (χ4n) is 5.03. The van der Waals surface area contributed by atoms with Crippen molar-refractivity contribution in [2.24, 2.45) is 0 Å². The smallest absolute Gasteiger partial charge is 0.328 e. The molecule has 0 amide bonds. The Bertz CT molecular complexity index is 785. The lowest BCUT2D eigenvalue weighted by molar-refractivity contribution is 0.0744. The van der Waals surface area contributed by atoms with Gasteiger partial charge < -0.3 is 9.79 Å². The average Bonchev–Trinajstić information content (AvgIpc) is 2.52. The number of rotatable bonds is 6. The lowest BCUT2D eigenvalue weighted by Crippen LogP contribution is -2.37. The second kappa shape index (κ2) is 8.01. The summed E-state index contributed by atoms with van der Waals surface area (Å²) in [4.78, 5) is 19.9. The molecule has 3 nitrogen and oxygen atoms in total. The van der Waals surface area contributed by atoms with Crippen molar-refractivity contribution in [2.45, 2.75) is 72.3 Å². The molecule has 0 bridgehead atoms. The van der Waals surface area contributed by atoms with Crippen LogP contribution in [0.4, 0.5) is 0 Å². The molecular weight excluding hydrogens is 355 g/mol. The van der Waals surface area contributed by atoms with Crippen LogP contribution in [0.5, 0.6) is 0 Å². The van der Waals surface area contributed by atoms with Gasteiger partial charge in [-0.1, -0.05) is 55.2 Å². The van der Waals surface area contributed by atoms with E-state index in [1.807, 2.05) is 0 Å². The van der Waals surface area contributed by atoms with Crippen LogP contribution in [-0.2, 0) is 16.5 Å². The molecule has 2 N–H and O–H groups in total. The summed E-state index contributed by atoms with van der Waals surface area (Å²) in [5.74, 6) is 0. The van der Waals surface area contributed by atoms with Gasteiger partial charge in [0.2, 0.25) is 0 Å². The highest BCUT2D eigenvalue weighted by Gasteiger charge is 2.45. The van der Waals surface area contributed by atoms with Crippen molar-refractivity contribution in [3.8, 4) is 0 Å². The number of aryl methyl sites for hydroxylation is 4. The first-order valence-corrected chi connectivity index (χ1v) is 11.0. The molecule has 0 spiro atoms. The van der Waals surface area contributed by atoms with E-state index in [-0.39, 0.29) is 0 Å². The van der Waals surface area contributed by atoms with Crippen molar-refractivity contribution in [1.82, 2.24) is 0 Å². The Morgan fingerprint density at radius 3 is 1.85 bits per heavy atom. The number of fused-ring (bicyclic) bond motifs is 2. The largest absolute Gasteiger partial charge is 0.328 e. The minimum Gasteiger partial charge on any atom is -0.328 e. The molecule has 4 heteroatoms. The Kier molecular flexibility index (Phi) is 6.08. The highest BCUT2D eigenvalue weighted by atomic mass is 31.2. The number of benzene rings is 2. The van der Waals surface area contributed by atoms with E-state index in [1.165, 1.54) is 33.4 Å².